The number of hydrogen-bond acceptors (Lipinski definition) is 3. The normalized spacial score (nSPS) is 12.6. The fourth-order valence-electron chi connectivity index (χ4n) is 1.13. The minimum absolute atomic E-state index is 0.0492. The van der Waals surface area contributed by atoms with Gasteiger partial charge in [-0.25, -0.2) is 4.39 Å². The highest BCUT2D eigenvalue weighted by Crippen LogP contribution is 2.22. The number of aliphatic hydroxyl groups excluding tert-OH is 1. The highest BCUT2D eigenvalue weighted by Gasteiger charge is 2.12. The molecule has 1 aromatic carbocycles. The lowest BCUT2D eigenvalue weighted by atomic mass is 10.1. The fourth-order valence-corrected chi connectivity index (χ4v) is 1.13. The number of aliphatic hydroxyl groups is 1. The van der Waals surface area contributed by atoms with Crippen molar-refractivity contribution >= 4 is 0 Å². The lowest BCUT2D eigenvalue weighted by molar-refractivity contribution is 0.182. The molecule has 0 radical (unpaired) electrons. The van der Waals surface area contributed by atoms with E-state index >= 15 is 0 Å². The van der Waals surface area contributed by atoms with Gasteiger partial charge in [-0.1, -0.05) is 0 Å². The minimum Gasteiger partial charge on any atom is -0.494 e. The Bertz CT molecular complexity index is 329. The first kappa shape index (κ1) is 10.9. The van der Waals surface area contributed by atoms with Crippen LogP contribution in [0.3, 0.4) is 0 Å². The molecule has 0 saturated heterocycles. The maximum atomic E-state index is 12.9. The summed E-state index contributed by atoms with van der Waals surface area (Å²) >= 11 is 0. The van der Waals surface area contributed by atoms with Crippen molar-refractivity contribution in [1.82, 2.24) is 0 Å². The van der Waals surface area contributed by atoms with Crippen LogP contribution in [0.1, 0.15) is 5.56 Å². The Morgan fingerprint density at radius 1 is 1.50 bits per heavy atom. The molecule has 0 spiro atoms. The van der Waals surface area contributed by atoms with Gasteiger partial charge in [-0.05, 0) is 17.7 Å². The van der Waals surface area contributed by atoms with Gasteiger partial charge in [-0.2, -0.15) is 4.39 Å². The van der Waals surface area contributed by atoms with E-state index in [1.165, 1.54) is 13.2 Å². The van der Waals surface area contributed by atoms with Crippen LogP contribution in [0.4, 0.5) is 8.78 Å². The smallest absolute Gasteiger partial charge is 0.200 e. The summed E-state index contributed by atoms with van der Waals surface area (Å²) in [6, 6.07) is 2.28. The summed E-state index contributed by atoms with van der Waals surface area (Å²) in [6.07, 6.45) is -1.04. The summed E-state index contributed by atoms with van der Waals surface area (Å²) in [5, 5.41) is 8.85. The molecular formula is C9H11F2NO2. The van der Waals surface area contributed by atoms with Crippen LogP contribution in [-0.2, 0) is 6.42 Å². The third-order valence-electron chi connectivity index (χ3n) is 1.72. The van der Waals surface area contributed by atoms with Gasteiger partial charge in [0.2, 0.25) is 5.82 Å². The van der Waals surface area contributed by atoms with Gasteiger partial charge in [0, 0.05) is 6.42 Å². The molecule has 0 bridgehead atoms. The van der Waals surface area contributed by atoms with E-state index in [9.17, 15) is 8.78 Å². The zero-order valence-electron chi connectivity index (χ0n) is 7.63. The summed E-state index contributed by atoms with van der Waals surface area (Å²) in [6.45, 7) is 0. The summed E-state index contributed by atoms with van der Waals surface area (Å²) in [4.78, 5) is 0. The van der Waals surface area contributed by atoms with Gasteiger partial charge < -0.3 is 15.6 Å². The van der Waals surface area contributed by atoms with E-state index in [0.29, 0.717) is 5.56 Å². The molecule has 3 nitrogen and oxygen atoms in total. The highest BCUT2D eigenvalue weighted by atomic mass is 19.2. The number of halogens is 2. The van der Waals surface area contributed by atoms with E-state index in [4.69, 9.17) is 10.8 Å². The molecule has 0 heterocycles. The van der Waals surface area contributed by atoms with Crippen molar-refractivity contribution in [1.29, 1.82) is 0 Å². The molecule has 0 fully saturated rings. The minimum atomic E-state index is -1.09. The van der Waals surface area contributed by atoms with Crippen molar-refractivity contribution in [3.63, 3.8) is 0 Å². The number of rotatable bonds is 3. The molecule has 14 heavy (non-hydrogen) atoms. The Balaban J connectivity index is 3.03. The molecule has 0 aliphatic carbocycles. The van der Waals surface area contributed by atoms with Crippen LogP contribution in [0.2, 0.25) is 0 Å². The van der Waals surface area contributed by atoms with Gasteiger partial charge >= 0.3 is 0 Å². The lowest BCUT2D eigenvalue weighted by Gasteiger charge is -2.08. The molecule has 0 aliphatic rings. The van der Waals surface area contributed by atoms with E-state index in [2.05, 4.69) is 4.74 Å². The predicted molar refractivity (Wildman–Crippen MR) is 46.8 cm³/mol. The largest absolute Gasteiger partial charge is 0.494 e. The van der Waals surface area contributed by atoms with Crippen LogP contribution in [0.15, 0.2) is 12.1 Å². The summed E-state index contributed by atoms with van der Waals surface area (Å²) < 4.78 is 30.4. The van der Waals surface area contributed by atoms with Gasteiger partial charge in [-0.3, -0.25) is 0 Å². The van der Waals surface area contributed by atoms with Crippen molar-refractivity contribution in [2.45, 2.75) is 12.6 Å². The van der Waals surface area contributed by atoms with E-state index < -0.39 is 17.9 Å². The molecule has 3 N–H and O–H groups in total. The SMILES string of the molecule is COc1cc(CC(N)O)cc(F)c1F. The molecule has 0 amide bonds. The van der Waals surface area contributed by atoms with Gasteiger partial charge in [0.25, 0.3) is 0 Å². The fraction of sp³-hybridized carbons (Fsp3) is 0.333. The Morgan fingerprint density at radius 3 is 2.64 bits per heavy atom. The van der Waals surface area contributed by atoms with Crippen molar-refractivity contribution in [2.75, 3.05) is 7.11 Å². The van der Waals surface area contributed by atoms with E-state index in [1.54, 1.807) is 0 Å². The molecule has 0 saturated carbocycles. The average molecular weight is 203 g/mol. The van der Waals surface area contributed by atoms with E-state index in [-0.39, 0.29) is 12.2 Å². The third kappa shape index (κ3) is 2.40. The Kier molecular flexibility index (Phi) is 3.38. The molecular weight excluding hydrogens is 192 g/mol. The molecule has 1 unspecified atom stereocenters. The number of methoxy groups -OCH3 is 1. The van der Waals surface area contributed by atoms with Gasteiger partial charge in [-0.15, -0.1) is 0 Å². The standard InChI is InChI=1S/C9H11F2NO2/c1-14-7-3-5(4-8(12)13)2-6(10)9(7)11/h2-3,8,13H,4,12H2,1H3. The number of nitrogens with two attached hydrogens (primary N) is 1. The second-order valence-corrected chi connectivity index (χ2v) is 2.87. The molecule has 1 aromatic rings. The van der Waals surface area contributed by atoms with Gasteiger partial charge in [0.15, 0.2) is 11.6 Å². The molecule has 1 rings (SSSR count). The summed E-state index contributed by atoms with van der Waals surface area (Å²) in [7, 11) is 1.24. The Labute approximate surface area is 80.1 Å². The second kappa shape index (κ2) is 4.34. The maximum absolute atomic E-state index is 12.9. The van der Waals surface area contributed by atoms with Crippen LogP contribution in [0.5, 0.6) is 5.75 Å². The quantitative estimate of drug-likeness (QED) is 0.714. The molecule has 5 heteroatoms. The second-order valence-electron chi connectivity index (χ2n) is 2.87. The third-order valence-corrected chi connectivity index (χ3v) is 1.72. The molecule has 78 valence electrons. The number of ether oxygens (including phenoxy) is 1. The van der Waals surface area contributed by atoms with Crippen molar-refractivity contribution in [3.8, 4) is 5.75 Å². The van der Waals surface area contributed by atoms with Crippen LogP contribution >= 0.6 is 0 Å². The summed E-state index contributed by atoms with van der Waals surface area (Å²) in [5.74, 6) is -2.25. The van der Waals surface area contributed by atoms with Crippen LogP contribution in [0, 0.1) is 11.6 Å². The van der Waals surface area contributed by atoms with Gasteiger partial charge in [0.1, 0.15) is 6.23 Å². The zero-order valence-corrected chi connectivity index (χ0v) is 7.63. The first-order valence-corrected chi connectivity index (χ1v) is 4.00. The van der Waals surface area contributed by atoms with Crippen molar-refractivity contribution in [2.24, 2.45) is 5.73 Å². The lowest BCUT2D eigenvalue weighted by Crippen LogP contribution is -2.21. The Hall–Kier alpha value is -1.20. The first-order valence-electron chi connectivity index (χ1n) is 4.00. The Morgan fingerprint density at radius 2 is 2.14 bits per heavy atom. The zero-order chi connectivity index (χ0) is 10.7. The van der Waals surface area contributed by atoms with Crippen molar-refractivity contribution < 1.29 is 18.6 Å². The van der Waals surface area contributed by atoms with Crippen molar-refractivity contribution in [3.05, 3.63) is 29.3 Å². The molecule has 1 atom stereocenters. The predicted octanol–water partition coefficient (Wildman–Crippen LogP) is 0.793. The number of benzene rings is 1. The maximum Gasteiger partial charge on any atom is 0.200 e. The monoisotopic (exact) mass is 203 g/mol. The number of hydrogen-bond donors (Lipinski definition) is 2. The first-order chi connectivity index (χ1) is 6.54. The molecule has 0 aliphatic heterocycles. The van der Waals surface area contributed by atoms with Crippen LogP contribution in [-0.4, -0.2) is 18.4 Å². The van der Waals surface area contributed by atoms with Crippen LogP contribution < -0.4 is 10.5 Å². The molecule has 0 aromatic heterocycles. The van der Waals surface area contributed by atoms with Gasteiger partial charge in [0.05, 0.1) is 7.11 Å². The van der Waals surface area contributed by atoms with E-state index in [1.807, 2.05) is 0 Å². The highest BCUT2D eigenvalue weighted by molar-refractivity contribution is 5.31. The topological polar surface area (TPSA) is 55.5 Å². The van der Waals surface area contributed by atoms with E-state index in [0.717, 1.165) is 6.07 Å². The summed E-state index contributed by atoms with van der Waals surface area (Å²) in [5.41, 5.74) is 5.49. The van der Waals surface area contributed by atoms with Crippen LogP contribution in [0.25, 0.3) is 0 Å². The average Bonchev–Trinajstić information content (AvgIpc) is 2.10.